The van der Waals surface area contributed by atoms with Gasteiger partial charge in [0.2, 0.25) is 6.36 Å². The van der Waals surface area contributed by atoms with Crippen molar-refractivity contribution in [3.63, 3.8) is 0 Å². The minimum Gasteiger partial charge on any atom is -0.409 e. The number of halogens is 3. The predicted octanol–water partition coefficient (Wildman–Crippen LogP) is 2.20. The van der Waals surface area contributed by atoms with E-state index in [0.29, 0.717) is 0 Å². The number of nitrogens with two attached hydrogens (primary N) is 1. The molecular weight excluding hydrogens is 199 g/mol. The van der Waals surface area contributed by atoms with Crippen molar-refractivity contribution in [3.05, 3.63) is 23.8 Å². The zero-order chi connectivity index (χ0) is 10.3. The molecule has 0 aliphatic carbocycles. The van der Waals surface area contributed by atoms with Gasteiger partial charge in [-0.1, -0.05) is 0 Å². The molecule has 76 valence electrons. The Morgan fingerprint density at radius 2 is 2.07 bits per heavy atom. The van der Waals surface area contributed by atoms with Crippen molar-refractivity contribution in [2.75, 3.05) is 5.73 Å². The van der Waals surface area contributed by atoms with Crippen molar-refractivity contribution in [2.24, 2.45) is 0 Å². The maximum atomic E-state index is 13.0. The van der Waals surface area contributed by atoms with Crippen LogP contribution in [0.25, 0.3) is 0 Å². The Morgan fingerprint density at radius 1 is 1.36 bits per heavy atom. The van der Waals surface area contributed by atoms with Crippen LogP contribution in [-0.4, -0.2) is 6.29 Å². The van der Waals surface area contributed by atoms with Gasteiger partial charge in [0.25, 0.3) is 0 Å². The van der Waals surface area contributed by atoms with Crippen LogP contribution in [0, 0.1) is 0 Å². The van der Waals surface area contributed by atoms with Crippen LogP contribution in [0.1, 0.15) is 11.9 Å². The molecule has 0 saturated heterocycles. The highest BCUT2D eigenvalue weighted by Gasteiger charge is 2.43. The third kappa shape index (κ3) is 1.48. The van der Waals surface area contributed by atoms with Gasteiger partial charge in [0.15, 0.2) is 0 Å². The van der Waals surface area contributed by atoms with Crippen molar-refractivity contribution in [1.82, 2.24) is 0 Å². The van der Waals surface area contributed by atoms with Crippen molar-refractivity contribution >= 4 is 5.69 Å². The number of ether oxygens (including phenoxy) is 2. The third-order valence-electron chi connectivity index (χ3n) is 1.75. The molecule has 14 heavy (non-hydrogen) atoms. The number of nitrogen functional groups attached to an aromatic ring is 1. The van der Waals surface area contributed by atoms with Crippen LogP contribution in [-0.2, 0) is 4.74 Å². The summed E-state index contributed by atoms with van der Waals surface area (Å²) in [6, 6.07) is 3.70. The van der Waals surface area contributed by atoms with Gasteiger partial charge in [-0.3, -0.25) is 0 Å². The largest absolute Gasteiger partial charge is 0.538 e. The van der Waals surface area contributed by atoms with Crippen molar-refractivity contribution in [2.45, 2.75) is 12.7 Å². The number of hydrogen-bond acceptors (Lipinski definition) is 3. The molecule has 1 aliphatic heterocycles. The fourth-order valence-corrected chi connectivity index (χ4v) is 1.17. The smallest absolute Gasteiger partial charge is 0.409 e. The quantitative estimate of drug-likeness (QED) is 0.660. The van der Waals surface area contributed by atoms with Gasteiger partial charge in [-0.05, 0) is 18.2 Å². The summed E-state index contributed by atoms with van der Waals surface area (Å²) in [5.41, 5.74) is 5.47. The van der Waals surface area contributed by atoms with Gasteiger partial charge in [-0.25, -0.2) is 9.13 Å². The first-order valence-corrected chi connectivity index (χ1v) is 3.76. The minimum absolute atomic E-state index is 0.129. The third-order valence-corrected chi connectivity index (χ3v) is 1.75. The summed E-state index contributed by atoms with van der Waals surface area (Å²) in [6.07, 6.45) is -6.15. The maximum absolute atomic E-state index is 13.0. The number of benzene rings is 1. The average molecular weight is 205 g/mol. The zero-order valence-electron chi connectivity index (χ0n) is 6.84. The highest BCUT2D eigenvalue weighted by molar-refractivity contribution is 5.48. The van der Waals surface area contributed by atoms with E-state index in [4.69, 9.17) is 5.73 Å². The summed E-state index contributed by atoms with van der Waals surface area (Å²) in [7, 11) is 0. The molecule has 1 aliphatic rings. The number of rotatable bonds is 0. The summed E-state index contributed by atoms with van der Waals surface area (Å²) in [5, 5.41) is 0. The van der Waals surface area contributed by atoms with E-state index in [1.807, 2.05) is 0 Å². The Bertz CT molecular complexity index is 370. The lowest BCUT2D eigenvalue weighted by molar-refractivity contribution is -0.398. The second-order valence-electron chi connectivity index (χ2n) is 2.80. The van der Waals surface area contributed by atoms with Gasteiger partial charge >= 0.3 is 6.29 Å². The Hall–Kier alpha value is -1.43. The molecule has 0 spiro atoms. The standard InChI is InChI=1S/C8H6F3NO2/c9-7-5-3-4(12)1-2-6(5)13-8(10,11)14-7/h1-3,7H,12H2. The van der Waals surface area contributed by atoms with Gasteiger partial charge < -0.3 is 10.5 Å². The predicted molar refractivity (Wildman–Crippen MR) is 41.4 cm³/mol. The fraction of sp³-hybridized carbons (Fsp3) is 0.250. The molecule has 2 rings (SSSR count). The Morgan fingerprint density at radius 3 is 2.79 bits per heavy atom. The minimum atomic E-state index is -3.93. The summed E-state index contributed by atoms with van der Waals surface area (Å²) in [4.78, 5) is 0. The van der Waals surface area contributed by atoms with Crippen molar-refractivity contribution in [3.8, 4) is 5.75 Å². The van der Waals surface area contributed by atoms with Crippen molar-refractivity contribution < 1.29 is 22.6 Å². The topological polar surface area (TPSA) is 44.5 Å². The number of alkyl halides is 3. The van der Waals surface area contributed by atoms with E-state index in [9.17, 15) is 13.2 Å². The van der Waals surface area contributed by atoms with Crippen molar-refractivity contribution in [1.29, 1.82) is 0 Å². The van der Waals surface area contributed by atoms with Crippen LogP contribution in [0.4, 0.5) is 18.9 Å². The Labute approximate surface area is 77.2 Å². The zero-order valence-corrected chi connectivity index (χ0v) is 6.84. The second kappa shape index (κ2) is 2.78. The highest BCUT2D eigenvalue weighted by atomic mass is 19.3. The molecule has 2 N–H and O–H groups in total. The van der Waals surface area contributed by atoms with E-state index < -0.39 is 12.7 Å². The normalized spacial score (nSPS) is 23.8. The molecular formula is C8H6F3NO2. The maximum Gasteiger partial charge on any atom is 0.538 e. The first-order valence-electron chi connectivity index (χ1n) is 3.76. The monoisotopic (exact) mass is 205 g/mol. The average Bonchev–Trinajstić information content (AvgIpc) is 2.05. The molecule has 0 saturated carbocycles. The van der Waals surface area contributed by atoms with Gasteiger partial charge in [0.1, 0.15) is 5.75 Å². The van der Waals surface area contributed by atoms with Crippen LogP contribution < -0.4 is 10.5 Å². The molecule has 1 atom stereocenters. The van der Waals surface area contributed by atoms with Gasteiger partial charge in [0.05, 0.1) is 5.56 Å². The Kier molecular flexibility index (Phi) is 1.81. The summed E-state index contributed by atoms with van der Waals surface area (Å²) in [5.74, 6) is -0.261. The first-order chi connectivity index (χ1) is 6.48. The van der Waals surface area contributed by atoms with Crippen LogP contribution in [0.5, 0.6) is 5.75 Å². The van der Waals surface area contributed by atoms with Crippen LogP contribution in [0.2, 0.25) is 0 Å². The van der Waals surface area contributed by atoms with Gasteiger partial charge in [0, 0.05) is 5.69 Å². The molecule has 1 aromatic carbocycles. The van der Waals surface area contributed by atoms with E-state index in [1.54, 1.807) is 0 Å². The summed E-state index contributed by atoms with van der Waals surface area (Å²) < 4.78 is 45.8. The van der Waals surface area contributed by atoms with E-state index in [2.05, 4.69) is 9.47 Å². The second-order valence-corrected chi connectivity index (χ2v) is 2.80. The molecule has 0 fully saturated rings. The van der Waals surface area contributed by atoms with Crippen LogP contribution in [0.3, 0.4) is 0 Å². The molecule has 0 amide bonds. The van der Waals surface area contributed by atoms with Gasteiger partial charge in [-0.2, -0.15) is 0 Å². The molecule has 3 nitrogen and oxygen atoms in total. The lowest BCUT2D eigenvalue weighted by Crippen LogP contribution is -2.33. The molecule has 0 radical (unpaired) electrons. The highest BCUT2D eigenvalue weighted by Crippen LogP contribution is 2.41. The summed E-state index contributed by atoms with van der Waals surface area (Å²) in [6.45, 7) is 0. The van der Waals surface area contributed by atoms with Crippen LogP contribution >= 0.6 is 0 Å². The molecule has 0 bridgehead atoms. The first kappa shape index (κ1) is 9.14. The summed E-state index contributed by atoms with van der Waals surface area (Å²) >= 11 is 0. The molecule has 1 aromatic rings. The number of fused-ring (bicyclic) bond motifs is 1. The van der Waals surface area contributed by atoms with E-state index >= 15 is 0 Å². The van der Waals surface area contributed by atoms with Crippen LogP contribution in [0.15, 0.2) is 18.2 Å². The molecule has 1 heterocycles. The van der Waals surface area contributed by atoms with E-state index in [-0.39, 0.29) is 17.0 Å². The molecule has 0 aromatic heterocycles. The van der Waals surface area contributed by atoms with E-state index in [0.717, 1.165) is 0 Å². The number of hydrogen-bond donors (Lipinski definition) is 1. The molecule has 6 heteroatoms. The van der Waals surface area contributed by atoms with E-state index in [1.165, 1.54) is 18.2 Å². The molecule has 1 unspecified atom stereocenters. The lowest BCUT2D eigenvalue weighted by Gasteiger charge is -2.27. The Balaban J connectivity index is 2.45. The lowest BCUT2D eigenvalue weighted by atomic mass is 10.1. The SMILES string of the molecule is Nc1ccc2c(c1)C(F)OC(F)(F)O2. The number of anilines is 1. The van der Waals surface area contributed by atoms with Gasteiger partial charge in [-0.15, -0.1) is 8.78 Å². The fourth-order valence-electron chi connectivity index (χ4n) is 1.17.